The first-order valence-electron chi connectivity index (χ1n) is 6.30. The Bertz CT molecular complexity index is 482. The monoisotopic (exact) mass is 304 g/mol. The quantitative estimate of drug-likeness (QED) is 0.520. The van der Waals surface area contributed by atoms with Gasteiger partial charge in [-0.1, -0.05) is 12.1 Å². The van der Waals surface area contributed by atoms with Crippen LogP contribution in [0.1, 0.15) is 12.5 Å². The summed E-state index contributed by atoms with van der Waals surface area (Å²) in [6.07, 6.45) is 0.593. The van der Waals surface area contributed by atoms with Crippen LogP contribution in [0.5, 0.6) is 0 Å². The molecule has 7 heteroatoms. The normalized spacial score (nSPS) is 13.3. The molecule has 0 spiro atoms. The molecule has 2 N–H and O–H groups in total. The van der Waals surface area contributed by atoms with Crippen LogP contribution in [0.4, 0.5) is 0 Å². The first-order chi connectivity index (χ1) is 9.43. The molecule has 0 saturated carbocycles. The lowest BCUT2D eigenvalue weighted by Crippen LogP contribution is -2.16. The highest BCUT2D eigenvalue weighted by Crippen LogP contribution is 2.12. The summed E-state index contributed by atoms with van der Waals surface area (Å²) in [4.78, 5) is -0.118. The van der Waals surface area contributed by atoms with Gasteiger partial charge < -0.3 is 14.6 Å². The predicted octanol–water partition coefficient (Wildman–Crippen LogP) is 0.890. The van der Waals surface area contributed by atoms with E-state index in [1.54, 1.807) is 12.1 Å². The Morgan fingerprint density at radius 1 is 1.15 bits per heavy atom. The molecule has 0 fully saturated rings. The fourth-order valence-corrected chi connectivity index (χ4v) is 2.14. The molecule has 0 aromatic heterocycles. The van der Waals surface area contributed by atoms with E-state index in [9.17, 15) is 8.42 Å². The maximum absolute atomic E-state index is 10.9. The Morgan fingerprint density at radius 2 is 1.80 bits per heavy atom. The van der Waals surface area contributed by atoms with E-state index >= 15 is 0 Å². The lowest BCUT2D eigenvalue weighted by molar-refractivity contribution is 0.00448. The van der Waals surface area contributed by atoms with E-state index in [-0.39, 0.29) is 17.6 Å². The Balaban J connectivity index is 2.37. The fourth-order valence-electron chi connectivity index (χ4n) is 1.66. The standard InChI is InChI=1S/C13H20O6S/c1-11(19-9-8-18-7-6-14)10-12-2-4-13(5-3-12)20(15,16)17/h2-5,11,14H,6-10H2,1H3,(H,15,16,17). The van der Waals surface area contributed by atoms with Crippen LogP contribution in [0, 0.1) is 0 Å². The van der Waals surface area contributed by atoms with Crippen molar-refractivity contribution in [3.05, 3.63) is 29.8 Å². The highest BCUT2D eigenvalue weighted by molar-refractivity contribution is 7.85. The highest BCUT2D eigenvalue weighted by Gasteiger charge is 2.09. The van der Waals surface area contributed by atoms with Crippen LogP contribution in [0.25, 0.3) is 0 Å². The zero-order valence-electron chi connectivity index (χ0n) is 11.4. The summed E-state index contributed by atoms with van der Waals surface area (Å²) in [6.45, 7) is 3.06. The van der Waals surface area contributed by atoms with Crippen LogP contribution in [-0.2, 0) is 26.0 Å². The van der Waals surface area contributed by atoms with Crippen LogP contribution in [0.15, 0.2) is 29.2 Å². The zero-order valence-corrected chi connectivity index (χ0v) is 12.2. The van der Waals surface area contributed by atoms with Crippen LogP contribution >= 0.6 is 0 Å². The van der Waals surface area contributed by atoms with Gasteiger partial charge >= 0.3 is 0 Å². The summed E-state index contributed by atoms with van der Waals surface area (Å²) in [5.74, 6) is 0. The van der Waals surface area contributed by atoms with Crippen LogP contribution in [0.2, 0.25) is 0 Å². The first kappa shape index (κ1) is 17.1. The van der Waals surface area contributed by atoms with Gasteiger partial charge in [-0.3, -0.25) is 4.55 Å². The topological polar surface area (TPSA) is 93.1 Å². The molecule has 1 rings (SSSR count). The molecule has 1 aromatic carbocycles. The zero-order chi connectivity index (χ0) is 15.0. The number of rotatable bonds is 9. The van der Waals surface area contributed by atoms with Gasteiger partial charge in [-0.2, -0.15) is 8.42 Å². The van der Waals surface area contributed by atoms with Crippen molar-refractivity contribution in [2.24, 2.45) is 0 Å². The van der Waals surface area contributed by atoms with Crippen molar-refractivity contribution < 1.29 is 27.6 Å². The van der Waals surface area contributed by atoms with Gasteiger partial charge in [0.2, 0.25) is 0 Å². The largest absolute Gasteiger partial charge is 0.394 e. The summed E-state index contributed by atoms with van der Waals surface area (Å²) in [5, 5.41) is 8.52. The second-order valence-corrected chi connectivity index (χ2v) is 5.76. The minimum atomic E-state index is -4.14. The molecule has 1 aromatic rings. The summed E-state index contributed by atoms with van der Waals surface area (Å²) in [7, 11) is -4.14. The first-order valence-corrected chi connectivity index (χ1v) is 7.74. The molecule has 0 bridgehead atoms. The Hall–Kier alpha value is -0.990. The smallest absolute Gasteiger partial charge is 0.294 e. The Labute approximate surface area is 119 Å². The molecule has 0 aliphatic heterocycles. The maximum atomic E-state index is 10.9. The van der Waals surface area contributed by atoms with Crippen LogP contribution in [-0.4, -0.2) is 50.6 Å². The third-order valence-corrected chi connectivity index (χ3v) is 3.48. The molecule has 6 nitrogen and oxygen atoms in total. The number of benzene rings is 1. The average Bonchev–Trinajstić information content (AvgIpc) is 2.38. The predicted molar refractivity (Wildman–Crippen MR) is 73.3 cm³/mol. The van der Waals surface area contributed by atoms with Gasteiger partial charge in [-0.25, -0.2) is 0 Å². The molecule has 0 aliphatic carbocycles. The third-order valence-electron chi connectivity index (χ3n) is 2.61. The number of aliphatic hydroxyl groups is 1. The van der Waals surface area contributed by atoms with Crippen molar-refractivity contribution in [1.29, 1.82) is 0 Å². The van der Waals surface area contributed by atoms with E-state index in [1.807, 2.05) is 6.92 Å². The molecule has 0 saturated heterocycles. The second-order valence-electron chi connectivity index (χ2n) is 4.34. The van der Waals surface area contributed by atoms with E-state index < -0.39 is 10.1 Å². The van der Waals surface area contributed by atoms with Crippen LogP contribution in [0.3, 0.4) is 0 Å². The summed E-state index contributed by atoms with van der Waals surface area (Å²) >= 11 is 0. The SMILES string of the molecule is CC(Cc1ccc(S(=O)(=O)O)cc1)OCCOCCO. The Kier molecular flexibility index (Phi) is 7.11. The fraction of sp³-hybridized carbons (Fsp3) is 0.538. The molecule has 20 heavy (non-hydrogen) atoms. The molecule has 0 radical (unpaired) electrons. The van der Waals surface area contributed by atoms with E-state index in [0.717, 1.165) is 5.56 Å². The molecule has 0 amide bonds. The Morgan fingerprint density at radius 3 is 2.35 bits per heavy atom. The van der Waals surface area contributed by atoms with E-state index in [1.165, 1.54) is 12.1 Å². The summed E-state index contributed by atoms with van der Waals surface area (Å²) in [5.41, 5.74) is 0.918. The number of hydrogen-bond acceptors (Lipinski definition) is 5. The van der Waals surface area contributed by atoms with Crippen molar-refractivity contribution in [3.63, 3.8) is 0 Å². The molecule has 1 atom stereocenters. The molecular weight excluding hydrogens is 284 g/mol. The van der Waals surface area contributed by atoms with Gasteiger partial charge in [0.25, 0.3) is 10.1 Å². The second kappa shape index (κ2) is 8.33. The maximum Gasteiger partial charge on any atom is 0.294 e. The lowest BCUT2D eigenvalue weighted by atomic mass is 10.1. The van der Waals surface area contributed by atoms with Gasteiger partial charge in [0.1, 0.15) is 0 Å². The van der Waals surface area contributed by atoms with Crippen molar-refractivity contribution in [2.75, 3.05) is 26.4 Å². The lowest BCUT2D eigenvalue weighted by Gasteiger charge is -2.13. The molecule has 114 valence electrons. The molecular formula is C13H20O6S. The number of hydrogen-bond donors (Lipinski definition) is 2. The van der Waals surface area contributed by atoms with Crippen molar-refractivity contribution in [1.82, 2.24) is 0 Å². The summed E-state index contributed by atoms with van der Waals surface area (Å²) in [6, 6.07) is 6.01. The van der Waals surface area contributed by atoms with E-state index in [0.29, 0.717) is 26.2 Å². The minimum absolute atomic E-state index is 0.00430. The minimum Gasteiger partial charge on any atom is -0.394 e. The van der Waals surface area contributed by atoms with Crippen LogP contribution < -0.4 is 0 Å². The van der Waals surface area contributed by atoms with Gasteiger partial charge in [-0.05, 0) is 31.0 Å². The molecule has 0 aliphatic rings. The van der Waals surface area contributed by atoms with Gasteiger partial charge in [0.05, 0.1) is 37.4 Å². The van der Waals surface area contributed by atoms with E-state index in [2.05, 4.69) is 0 Å². The number of aliphatic hydroxyl groups excluding tert-OH is 1. The van der Waals surface area contributed by atoms with E-state index in [4.69, 9.17) is 19.1 Å². The van der Waals surface area contributed by atoms with Gasteiger partial charge in [-0.15, -0.1) is 0 Å². The van der Waals surface area contributed by atoms with Crippen molar-refractivity contribution in [2.45, 2.75) is 24.3 Å². The third kappa shape index (κ3) is 6.44. The van der Waals surface area contributed by atoms with Gasteiger partial charge in [0.15, 0.2) is 0 Å². The molecule has 0 heterocycles. The highest BCUT2D eigenvalue weighted by atomic mass is 32.2. The molecule has 1 unspecified atom stereocenters. The summed E-state index contributed by atoms with van der Waals surface area (Å²) < 4.78 is 41.2. The van der Waals surface area contributed by atoms with Crippen molar-refractivity contribution in [3.8, 4) is 0 Å². The number of ether oxygens (including phenoxy) is 2. The van der Waals surface area contributed by atoms with Gasteiger partial charge in [0, 0.05) is 0 Å². The van der Waals surface area contributed by atoms with Crippen molar-refractivity contribution >= 4 is 10.1 Å². The average molecular weight is 304 g/mol.